The summed E-state index contributed by atoms with van der Waals surface area (Å²) in [6.45, 7) is 7.24. The van der Waals surface area contributed by atoms with Gasteiger partial charge in [-0.1, -0.05) is 49.0 Å². The molecule has 30 heavy (non-hydrogen) atoms. The molecule has 0 bridgehead atoms. The zero-order valence-corrected chi connectivity index (χ0v) is 17.1. The van der Waals surface area contributed by atoms with Gasteiger partial charge in [-0.2, -0.15) is 0 Å². The van der Waals surface area contributed by atoms with E-state index in [1.54, 1.807) is 0 Å². The van der Waals surface area contributed by atoms with Crippen molar-refractivity contribution in [2.24, 2.45) is 0 Å². The summed E-state index contributed by atoms with van der Waals surface area (Å²) >= 11 is 0. The lowest BCUT2D eigenvalue weighted by Gasteiger charge is -2.44. The third-order valence-electron chi connectivity index (χ3n) is 6.57. The van der Waals surface area contributed by atoms with Gasteiger partial charge in [-0.3, -0.25) is 9.69 Å². The maximum Gasteiger partial charge on any atom is 0.246 e. The van der Waals surface area contributed by atoms with Crippen LogP contribution in [-0.2, 0) is 17.6 Å². The summed E-state index contributed by atoms with van der Waals surface area (Å²) in [5.41, 5.74) is 5.03. The zero-order valence-electron chi connectivity index (χ0n) is 17.1. The fourth-order valence-corrected chi connectivity index (χ4v) is 4.80. The Balaban J connectivity index is 1.38. The summed E-state index contributed by atoms with van der Waals surface area (Å²) in [5, 5.41) is 12.4. The van der Waals surface area contributed by atoms with Gasteiger partial charge in [0.2, 0.25) is 5.91 Å². The molecule has 2 aliphatic rings. The van der Waals surface area contributed by atoms with Gasteiger partial charge >= 0.3 is 0 Å². The number of hydrogen-bond acceptors (Lipinski definition) is 3. The molecular formula is C26H26N2O2. The van der Waals surface area contributed by atoms with Crippen LogP contribution in [0.3, 0.4) is 0 Å². The highest BCUT2D eigenvalue weighted by Crippen LogP contribution is 2.34. The number of aromatic hydroxyl groups is 1. The van der Waals surface area contributed by atoms with E-state index in [4.69, 9.17) is 0 Å². The van der Waals surface area contributed by atoms with Crippen LogP contribution in [0, 0.1) is 0 Å². The van der Waals surface area contributed by atoms with Crippen LogP contribution in [0.1, 0.15) is 11.1 Å². The van der Waals surface area contributed by atoms with E-state index < -0.39 is 0 Å². The molecule has 0 spiro atoms. The van der Waals surface area contributed by atoms with E-state index in [2.05, 4.69) is 35.7 Å². The Morgan fingerprint density at radius 3 is 2.57 bits per heavy atom. The molecule has 0 aromatic heterocycles. The van der Waals surface area contributed by atoms with Gasteiger partial charge in [0.15, 0.2) is 0 Å². The number of carbonyl (C=O) groups is 1. The first-order valence-electron chi connectivity index (χ1n) is 10.6. The smallest absolute Gasteiger partial charge is 0.246 e. The number of fused-ring (bicyclic) bond motifs is 2. The minimum Gasteiger partial charge on any atom is -0.508 e. The van der Waals surface area contributed by atoms with Crippen LogP contribution >= 0.6 is 0 Å². The number of likely N-dealkylation sites (tertiary alicyclic amines) is 1. The Bertz CT molecular complexity index is 1130. The number of carbonyl (C=O) groups excluding carboxylic acids is 1. The number of benzene rings is 3. The monoisotopic (exact) mass is 398 g/mol. The summed E-state index contributed by atoms with van der Waals surface area (Å²) in [5.74, 6) is 0.334. The predicted molar refractivity (Wildman–Crippen MR) is 121 cm³/mol. The third kappa shape index (κ3) is 3.37. The molecule has 0 atom stereocenters. The summed E-state index contributed by atoms with van der Waals surface area (Å²) in [7, 11) is 0. The van der Waals surface area contributed by atoms with Crippen molar-refractivity contribution >= 4 is 16.7 Å². The van der Waals surface area contributed by atoms with Crippen molar-refractivity contribution < 1.29 is 9.90 Å². The first kappa shape index (κ1) is 18.9. The number of nitrogens with zero attached hydrogens (tertiary/aromatic N) is 2. The molecule has 0 saturated carbocycles. The summed E-state index contributed by atoms with van der Waals surface area (Å²) in [4.78, 5) is 16.1. The molecule has 2 aliphatic heterocycles. The number of hydrogen-bond donors (Lipinski definition) is 1. The summed E-state index contributed by atoms with van der Waals surface area (Å²) < 4.78 is 0. The normalized spacial score (nSPS) is 17.3. The lowest BCUT2D eigenvalue weighted by molar-refractivity contribution is -0.133. The van der Waals surface area contributed by atoms with Crippen molar-refractivity contribution in [3.05, 3.63) is 78.4 Å². The quantitative estimate of drug-likeness (QED) is 0.678. The van der Waals surface area contributed by atoms with Crippen molar-refractivity contribution in [2.75, 3.05) is 26.2 Å². The largest absolute Gasteiger partial charge is 0.508 e. The van der Waals surface area contributed by atoms with Crippen LogP contribution in [0.5, 0.6) is 5.75 Å². The number of phenolic OH excluding ortho intramolecular Hbond substituents is 1. The van der Waals surface area contributed by atoms with E-state index in [0.29, 0.717) is 11.8 Å². The van der Waals surface area contributed by atoms with Crippen molar-refractivity contribution in [2.45, 2.75) is 18.9 Å². The average molecular weight is 399 g/mol. The molecule has 1 N–H and O–H groups in total. The second-order valence-corrected chi connectivity index (χ2v) is 8.34. The molecular weight excluding hydrogens is 372 g/mol. The third-order valence-corrected chi connectivity index (χ3v) is 6.57. The Kier molecular flexibility index (Phi) is 4.80. The number of rotatable bonds is 3. The van der Waals surface area contributed by atoms with E-state index in [0.717, 1.165) is 60.9 Å². The lowest BCUT2D eigenvalue weighted by Crippen LogP contribution is -2.61. The first-order chi connectivity index (χ1) is 14.6. The maximum absolute atomic E-state index is 11.7. The van der Waals surface area contributed by atoms with Crippen molar-refractivity contribution in [1.29, 1.82) is 0 Å². The van der Waals surface area contributed by atoms with Gasteiger partial charge in [0.1, 0.15) is 5.75 Å². The highest BCUT2D eigenvalue weighted by molar-refractivity contribution is 5.98. The molecule has 2 heterocycles. The molecule has 4 nitrogen and oxygen atoms in total. The van der Waals surface area contributed by atoms with Crippen molar-refractivity contribution in [1.82, 2.24) is 9.80 Å². The Hall–Kier alpha value is -3.11. The molecule has 3 aromatic carbocycles. The Morgan fingerprint density at radius 2 is 1.77 bits per heavy atom. The molecule has 0 unspecified atom stereocenters. The fraction of sp³-hybridized carbons (Fsp3) is 0.269. The van der Waals surface area contributed by atoms with Crippen LogP contribution in [0.25, 0.3) is 21.9 Å². The van der Waals surface area contributed by atoms with Crippen LogP contribution in [0.15, 0.2) is 67.3 Å². The number of amides is 1. The summed E-state index contributed by atoms with van der Waals surface area (Å²) in [6, 6.07) is 19.1. The second-order valence-electron chi connectivity index (χ2n) is 8.34. The van der Waals surface area contributed by atoms with Crippen LogP contribution in [0.2, 0.25) is 0 Å². The maximum atomic E-state index is 11.7. The highest BCUT2D eigenvalue weighted by atomic mass is 16.3. The summed E-state index contributed by atoms with van der Waals surface area (Å²) in [6.07, 6.45) is 3.44. The zero-order chi connectivity index (χ0) is 20.7. The molecule has 1 amide bonds. The molecule has 3 aromatic rings. The van der Waals surface area contributed by atoms with E-state index in [1.807, 2.05) is 35.2 Å². The topological polar surface area (TPSA) is 43.8 Å². The van der Waals surface area contributed by atoms with E-state index >= 15 is 0 Å². The van der Waals surface area contributed by atoms with E-state index in [1.165, 1.54) is 17.2 Å². The van der Waals surface area contributed by atoms with E-state index in [-0.39, 0.29) is 5.91 Å². The van der Waals surface area contributed by atoms with Crippen molar-refractivity contribution in [3.63, 3.8) is 0 Å². The highest BCUT2D eigenvalue weighted by Gasteiger charge is 2.34. The molecule has 1 saturated heterocycles. The predicted octanol–water partition coefficient (Wildman–Crippen LogP) is 4.01. The van der Waals surface area contributed by atoms with Gasteiger partial charge in [0.25, 0.3) is 0 Å². The molecule has 0 radical (unpaired) electrons. The standard InChI is InChI=1S/C26H26N2O2/c1-2-26(30)28-16-22(17-28)27-11-9-18-7-8-21(13-19(18)10-12-27)25-15-23(29)14-20-5-3-4-6-24(20)25/h2-8,13-15,22,29H,1,9-12,16-17H2. The SMILES string of the molecule is C=CC(=O)N1CC(N2CCc3ccc(-c4cc(O)cc5ccccc45)cc3CC2)C1. The molecule has 152 valence electrons. The minimum absolute atomic E-state index is 0.0346. The van der Waals surface area contributed by atoms with Crippen LogP contribution < -0.4 is 0 Å². The van der Waals surface area contributed by atoms with Gasteiger partial charge in [0, 0.05) is 32.2 Å². The fourth-order valence-electron chi connectivity index (χ4n) is 4.80. The van der Waals surface area contributed by atoms with Crippen LogP contribution in [-0.4, -0.2) is 53.0 Å². The van der Waals surface area contributed by atoms with Gasteiger partial charge in [-0.15, -0.1) is 0 Å². The molecule has 5 rings (SSSR count). The lowest BCUT2D eigenvalue weighted by atomic mass is 9.93. The minimum atomic E-state index is 0.0346. The molecule has 0 aliphatic carbocycles. The van der Waals surface area contributed by atoms with Crippen LogP contribution in [0.4, 0.5) is 0 Å². The van der Waals surface area contributed by atoms with Gasteiger partial charge in [-0.05, 0) is 64.1 Å². The molecule has 1 fully saturated rings. The first-order valence-corrected chi connectivity index (χ1v) is 10.6. The second kappa shape index (κ2) is 7.62. The Labute approximate surface area is 177 Å². The Morgan fingerprint density at radius 1 is 1.00 bits per heavy atom. The number of phenols is 1. The average Bonchev–Trinajstić information content (AvgIpc) is 2.94. The van der Waals surface area contributed by atoms with Crippen molar-refractivity contribution in [3.8, 4) is 16.9 Å². The van der Waals surface area contributed by atoms with Gasteiger partial charge < -0.3 is 10.0 Å². The van der Waals surface area contributed by atoms with E-state index in [9.17, 15) is 9.90 Å². The van der Waals surface area contributed by atoms with Gasteiger partial charge in [-0.25, -0.2) is 0 Å². The van der Waals surface area contributed by atoms with Gasteiger partial charge in [0.05, 0.1) is 0 Å². The molecule has 4 heteroatoms.